The molecule has 4 heteroatoms. The van der Waals surface area contributed by atoms with E-state index in [-0.39, 0.29) is 11.4 Å². The highest BCUT2D eigenvalue weighted by Gasteiger charge is 2.43. The average molecular weight is 199 g/mol. The molecule has 4 nitrogen and oxygen atoms in total. The number of hydrogen-bond donors (Lipinski definition) is 2. The van der Waals surface area contributed by atoms with E-state index in [1.165, 1.54) is 0 Å². The molecule has 1 amide bonds. The molecule has 82 valence electrons. The van der Waals surface area contributed by atoms with Crippen LogP contribution in [0, 0.1) is 0 Å². The van der Waals surface area contributed by atoms with Crippen molar-refractivity contribution in [2.24, 2.45) is 0 Å². The Labute approximate surface area is 86.0 Å². The molecule has 14 heavy (non-hydrogen) atoms. The van der Waals surface area contributed by atoms with Gasteiger partial charge in [-0.2, -0.15) is 0 Å². The van der Waals surface area contributed by atoms with Gasteiger partial charge in [-0.15, -0.1) is 0 Å². The zero-order valence-electron chi connectivity index (χ0n) is 9.39. The monoisotopic (exact) mass is 199 g/mol. The van der Waals surface area contributed by atoms with Crippen molar-refractivity contribution in [3.05, 3.63) is 0 Å². The van der Waals surface area contributed by atoms with E-state index in [1.54, 1.807) is 0 Å². The number of carbonyl (C=O) groups excluding carboxylic acids is 1. The minimum absolute atomic E-state index is 0.190. The molecule has 0 unspecified atom stereocenters. The normalized spacial score (nSPS) is 25.5. The summed E-state index contributed by atoms with van der Waals surface area (Å²) in [4.78, 5) is 13.7. The van der Waals surface area contributed by atoms with Crippen LogP contribution < -0.4 is 10.6 Å². The van der Waals surface area contributed by atoms with Crippen molar-refractivity contribution in [2.75, 3.05) is 26.8 Å². The maximum atomic E-state index is 11.5. The summed E-state index contributed by atoms with van der Waals surface area (Å²) in [5.74, 6) is 0.190. The second-order valence-electron chi connectivity index (χ2n) is 3.74. The van der Waals surface area contributed by atoms with Crippen molar-refractivity contribution >= 4 is 5.91 Å². The Kier molecular flexibility index (Phi) is 3.89. The van der Waals surface area contributed by atoms with Crippen molar-refractivity contribution in [1.29, 1.82) is 0 Å². The van der Waals surface area contributed by atoms with Crippen LogP contribution in [0.5, 0.6) is 0 Å². The van der Waals surface area contributed by atoms with Crippen molar-refractivity contribution in [1.82, 2.24) is 15.5 Å². The quantitative estimate of drug-likeness (QED) is 0.584. The van der Waals surface area contributed by atoms with Crippen LogP contribution in [0.1, 0.15) is 26.7 Å². The third-order valence-corrected chi connectivity index (χ3v) is 2.95. The van der Waals surface area contributed by atoms with Crippen LogP contribution in [0.2, 0.25) is 0 Å². The molecule has 0 aromatic rings. The molecular formula is C10H21N3O. The maximum absolute atomic E-state index is 11.5. The van der Waals surface area contributed by atoms with Crippen LogP contribution >= 0.6 is 0 Å². The fourth-order valence-corrected chi connectivity index (χ4v) is 1.95. The molecule has 0 bridgehead atoms. The molecule has 2 saturated heterocycles. The van der Waals surface area contributed by atoms with Crippen LogP contribution in [0.3, 0.4) is 0 Å². The van der Waals surface area contributed by atoms with E-state index in [2.05, 4.69) is 22.6 Å². The number of amides is 1. The number of piperidine rings is 1. The molecule has 0 aromatic carbocycles. The highest BCUT2D eigenvalue weighted by atomic mass is 16.2. The fourth-order valence-electron chi connectivity index (χ4n) is 1.95. The van der Waals surface area contributed by atoms with Crippen LogP contribution in [0.25, 0.3) is 0 Å². The Balaban J connectivity index is 0.000000461. The average Bonchev–Trinajstić information content (AvgIpc) is 2.57. The first-order valence-corrected chi connectivity index (χ1v) is 5.45. The summed E-state index contributed by atoms with van der Waals surface area (Å²) < 4.78 is 0. The van der Waals surface area contributed by atoms with E-state index in [1.807, 2.05) is 13.8 Å². The highest BCUT2D eigenvalue weighted by molar-refractivity contribution is 5.88. The summed E-state index contributed by atoms with van der Waals surface area (Å²) in [6, 6.07) is 0. The first kappa shape index (κ1) is 11.5. The molecule has 2 aliphatic rings. The Hall–Kier alpha value is -0.610. The van der Waals surface area contributed by atoms with E-state index in [9.17, 15) is 4.79 Å². The topological polar surface area (TPSA) is 44.4 Å². The molecule has 0 aromatic heterocycles. The Morgan fingerprint density at radius 1 is 1.29 bits per heavy atom. The minimum Gasteiger partial charge on any atom is -0.342 e. The summed E-state index contributed by atoms with van der Waals surface area (Å²) in [6.07, 6.45) is 1.88. The summed E-state index contributed by atoms with van der Waals surface area (Å²) in [5, 5.41) is 6.08. The predicted octanol–water partition coefficient (Wildman–Crippen LogP) is 0.154. The van der Waals surface area contributed by atoms with Crippen molar-refractivity contribution in [3.63, 3.8) is 0 Å². The van der Waals surface area contributed by atoms with Gasteiger partial charge in [-0.25, -0.2) is 0 Å². The van der Waals surface area contributed by atoms with Crippen LogP contribution in [0.4, 0.5) is 0 Å². The third kappa shape index (κ3) is 2.07. The predicted molar refractivity (Wildman–Crippen MR) is 57.0 cm³/mol. The van der Waals surface area contributed by atoms with E-state index < -0.39 is 0 Å². The molecule has 2 fully saturated rings. The number of nitrogens with zero attached hydrogens (tertiary/aromatic N) is 1. The van der Waals surface area contributed by atoms with Crippen LogP contribution in [-0.4, -0.2) is 43.2 Å². The fraction of sp³-hybridized carbons (Fsp3) is 0.900. The maximum Gasteiger partial charge on any atom is 0.241 e. The van der Waals surface area contributed by atoms with Crippen molar-refractivity contribution in [2.45, 2.75) is 32.2 Å². The summed E-state index contributed by atoms with van der Waals surface area (Å²) in [5.41, 5.74) is -0.230. The minimum atomic E-state index is -0.230. The first-order valence-electron chi connectivity index (χ1n) is 5.45. The van der Waals surface area contributed by atoms with Gasteiger partial charge < -0.3 is 10.2 Å². The van der Waals surface area contributed by atoms with Gasteiger partial charge in [0.05, 0.1) is 6.67 Å². The molecule has 0 atom stereocenters. The van der Waals surface area contributed by atoms with Crippen molar-refractivity contribution < 1.29 is 4.79 Å². The Bertz CT molecular complexity index is 198. The van der Waals surface area contributed by atoms with Gasteiger partial charge in [-0.1, -0.05) is 13.8 Å². The van der Waals surface area contributed by atoms with E-state index in [4.69, 9.17) is 0 Å². The standard InChI is InChI=1S/C8H15N3O.C2H6/c1-11-4-2-8(3-5-11)7(12)9-6-10-8;1-2/h10H,2-6H2,1H3,(H,9,12);1-2H3. The summed E-state index contributed by atoms with van der Waals surface area (Å²) in [7, 11) is 2.10. The number of likely N-dealkylation sites (tertiary alicyclic amines) is 1. The molecular weight excluding hydrogens is 178 g/mol. The van der Waals surface area contributed by atoms with Crippen LogP contribution in [0.15, 0.2) is 0 Å². The number of rotatable bonds is 0. The SMILES string of the molecule is CC.CN1CCC2(CC1)NCNC2=O. The lowest BCUT2D eigenvalue weighted by Crippen LogP contribution is -2.53. The molecule has 2 aliphatic heterocycles. The lowest BCUT2D eigenvalue weighted by Gasteiger charge is -2.35. The van der Waals surface area contributed by atoms with E-state index in [0.29, 0.717) is 6.67 Å². The van der Waals surface area contributed by atoms with Gasteiger partial charge in [-0.3, -0.25) is 10.1 Å². The Morgan fingerprint density at radius 2 is 1.86 bits per heavy atom. The lowest BCUT2D eigenvalue weighted by atomic mass is 9.88. The van der Waals surface area contributed by atoms with Crippen molar-refractivity contribution in [3.8, 4) is 0 Å². The number of nitrogens with one attached hydrogen (secondary N) is 2. The summed E-state index contributed by atoms with van der Waals surface area (Å²) >= 11 is 0. The molecule has 0 radical (unpaired) electrons. The van der Waals surface area contributed by atoms with E-state index >= 15 is 0 Å². The summed E-state index contributed by atoms with van der Waals surface area (Å²) in [6.45, 7) is 6.67. The van der Waals surface area contributed by atoms with Gasteiger partial charge in [0.25, 0.3) is 0 Å². The molecule has 0 aliphatic carbocycles. The van der Waals surface area contributed by atoms with Gasteiger partial charge in [0.1, 0.15) is 5.54 Å². The molecule has 2 N–H and O–H groups in total. The lowest BCUT2D eigenvalue weighted by molar-refractivity contribution is -0.125. The second kappa shape index (κ2) is 4.75. The van der Waals surface area contributed by atoms with Gasteiger partial charge in [0.2, 0.25) is 5.91 Å². The molecule has 2 heterocycles. The zero-order valence-corrected chi connectivity index (χ0v) is 9.39. The molecule has 2 rings (SSSR count). The first-order chi connectivity index (χ1) is 6.73. The van der Waals surface area contributed by atoms with E-state index in [0.717, 1.165) is 25.9 Å². The smallest absolute Gasteiger partial charge is 0.241 e. The third-order valence-electron chi connectivity index (χ3n) is 2.95. The van der Waals surface area contributed by atoms with Crippen LogP contribution in [-0.2, 0) is 4.79 Å². The molecule has 0 saturated carbocycles. The molecule has 1 spiro atoms. The largest absolute Gasteiger partial charge is 0.342 e. The number of hydrogen-bond acceptors (Lipinski definition) is 3. The number of carbonyl (C=O) groups is 1. The highest BCUT2D eigenvalue weighted by Crippen LogP contribution is 2.23. The van der Waals surface area contributed by atoms with Gasteiger partial charge in [0.15, 0.2) is 0 Å². The van der Waals surface area contributed by atoms with Gasteiger partial charge >= 0.3 is 0 Å². The zero-order chi connectivity index (χ0) is 10.6. The van der Waals surface area contributed by atoms with Gasteiger partial charge in [-0.05, 0) is 19.9 Å². The van der Waals surface area contributed by atoms with Gasteiger partial charge in [0, 0.05) is 13.1 Å². The second-order valence-corrected chi connectivity index (χ2v) is 3.74. The Morgan fingerprint density at radius 3 is 2.29 bits per heavy atom.